The summed E-state index contributed by atoms with van der Waals surface area (Å²) in [5.74, 6) is 0.348. The average molecular weight is 454 g/mol. The number of aromatic hydroxyl groups is 1. The Labute approximate surface area is 167 Å². The molecule has 0 atom stereocenters. The van der Waals surface area contributed by atoms with E-state index in [1.165, 1.54) is 25.5 Å². The number of hydrogen-bond acceptors (Lipinski definition) is 11. The van der Waals surface area contributed by atoms with Gasteiger partial charge in [0.25, 0.3) is 11.6 Å². The topological polar surface area (TPSA) is 148 Å². The molecule has 0 amide bonds. The van der Waals surface area contributed by atoms with Crippen LogP contribution >= 0.6 is 15.9 Å². The summed E-state index contributed by atoms with van der Waals surface area (Å²) in [6.45, 7) is 2.39. The zero-order valence-electron chi connectivity index (χ0n) is 14.7. The Balaban J connectivity index is 1.81. The number of hydrazone groups is 1. The van der Waals surface area contributed by atoms with Gasteiger partial charge in [-0.05, 0) is 15.9 Å². The van der Waals surface area contributed by atoms with Gasteiger partial charge in [0.2, 0.25) is 5.95 Å². The number of ether oxygens (including phenoxy) is 2. The summed E-state index contributed by atoms with van der Waals surface area (Å²) in [6, 6.07) is 2.50. The van der Waals surface area contributed by atoms with Crippen molar-refractivity contribution in [3.63, 3.8) is 0 Å². The highest BCUT2D eigenvalue weighted by Crippen LogP contribution is 2.31. The molecule has 2 heterocycles. The van der Waals surface area contributed by atoms with E-state index in [9.17, 15) is 15.2 Å². The molecule has 2 N–H and O–H groups in total. The first-order valence-electron chi connectivity index (χ1n) is 8.06. The molecule has 0 aliphatic carbocycles. The fraction of sp³-hybridized carbons (Fsp3) is 0.333. The van der Waals surface area contributed by atoms with E-state index in [2.05, 4.69) is 41.4 Å². The van der Waals surface area contributed by atoms with E-state index in [4.69, 9.17) is 9.47 Å². The smallest absolute Gasteiger partial charge is 0.322 e. The van der Waals surface area contributed by atoms with Gasteiger partial charge in [-0.15, -0.1) is 0 Å². The molecule has 0 bridgehead atoms. The molecule has 0 saturated carbocycles. The Bertz CT molecular complexity index is 905. The van der Waals surface area contributed by atoms with Gasteiger partial charge in [-0.2, -0.15) is 20.1 Å². The number of aromatic nitrogens is 3. The van der Waals surface area contributed by atoms with E-state index in [0.717, 1.165) is 0 Å². The van der Waals surface area contributed by atoms with Crippen LogP contribution in [0.1, 0.15) is 5.56 Å². The number of nitro groups is 1. The van der Waals surface area contributed by atoms with Gasteiger partial charge in [-0.3, -0.25) is 10.1 Å². The monoisotopic (exact) mass is 453 g/mol. The van der Waals surface area contributed by atoms with Gasteiger partial charge in [0.05, 0.1) is 35.9 Å². The second-order valence-corrected chi connectivity index (χ2v) is 6.39. The highest BCUT2D eigenvalue weighted by atomic mass is 79.9. The van der Waals surface area contributed by atoms with E-state index >= 15 is 0 Å². The van der Waals surface area contributed by atoms with Crippen molar-refractivity contribution in [1.82, 2.24) is 15.0 Å². The summed E-state index contributed by atoms with van der Waals surface area (Å²) in [6.07, 6.45) is 1.22. The van der Waals surface area contributed by atoms with Crippen molar-refractivity contribution in [2.24, 2.45) is 5.10 Å². The Kier molecular flexibility index (Phi) is 6.16. The molecule has 12 nitrogen and oxygen atoms in total. The van der Waals surface area contributed by atoms with Crippen molar-refractivity contribution in [2.45, 2.75) is 0 Å². The molecule has 1 aliphatic heterocycles. The number of nitrogens with one attached hydrogen (secondary N) is 1. The summed E-state index contributed by atoms with van der Waals surface area (Å²) in [4.78, 5) is 24.9. The number of rotatable bonds is 6. The van der Waals surface area contributed by atoms with Crippen LogP contribution in [0.4, 0.5) is 17.6 Å². The summed E-state index contributed by atoms with van der Waals surface area (Å²) in [5.41, 5.74) is 2.57. The quantitative estimate of drug-likeness (QED) is 0.374. The summed E-state index contributed by atoms with van der Waals surface area (Å²) >= 11 is 3.07. The Morgan fingerprint density at radius 2 is 2.14 bits per heavy atom. The first-order chi connectivity index (χ1) is 13.5. The Morgan fingerprint density at radius 1 is 1.39 bits per heavy atom. The van der Waals surface area contributed by atoms with Crippen LogP contribution in [-0.4, -0.2) is 64.6 Å². The summed E-state index contributed by atoms with van der Waals surface area (Å²) in [7, 11) is 1.43. The largest absolute Gasteiger partial charge is 0.506 e. The minimum Gasteiger partial charge on any atom is -0.506 e. The highest BCUT2D eigenvalue weighted by Gasteiger charge is 2.17. The molecule has 0 radical (unpaired) electrons. The minimum atomic E-state index is -0.569. The number of morpholine rings is 1. The first kappa shape index (κ1) is 19.7. The molecule has 1 aromatic carbocycles. The average Bonchev–Trinajstić information content (AvgIpc) is 2.71. The molecule has 1 aromatic heterocycles. The van der Waals surface area contributed by atoms with Crippen LogP contribution in [0.3, 0.4) is 0 Å². The van der Waals surface area contributed by atoms with E-state index < -0.39 is 4.92 Å². The minimum absolute atomic E-state index is 0.107. The van der Waals surface area contributed by atoms with Crippen LogP contribution in [0.25, 0.3) is 0 Å². The standard InChI is InChI=1S/C15H16BrN7O5/c1-27-15-19-13(18-14(20-15)22-2-4-28-5-3-22)21-17-8-9-6-10(23(25)26)7-11(16)12(9)24/h6-8,24H,2-5H2,1H3,(H,18,19,20,21)/b17-8+. The molecule has 1 fully saturated rings. The predicted octanol–water partition coefficient (Wildman–Crippen LogP) is 1.54. The third-order valence-corrected chi connectivity index (χ3v) is 4.34. The number of phenolic OH excluding ortho intramolecular Hbond substituents is 1. The number of phenols is 1. The molecule has 3 rings (SSSR count). The van der Waals surface area contributed by atoms with Gasteiger partial charge in [0.15, 0.2) is 0 Å². The Morgan fingerprint density at radius 3 is 2.82 bits per heavy atom. The van der Waals surface area contributed by atoms with Crippen molar-refractivity contribution in [3.05, 3.63) is 32.3 Å². The predicted molar refractivity (Wildman–Crippen MR) is 103 cm³/mol. The SMILES string of the molecule is COc1nc(N/N=C/c2cc([N+](=O)[O-])cc(Br)c2O)nc(N2CCOCC2)n1. The lowest BCUT2D eigenvalue weighted by atomic mass is 10.2. The number of nitrogens with zero attached hydrogens (tertiary/aromatic N) is 6. The second kappa shape index (κ2) is 8.75. The number of hydrogen-bond donors (Lipinski definition) is 2. The van der Waals surface area contributed by atoms with Crippen LogP contribution in [0.15, 0.2) is 21.7 Å². The molecule has 1 aliphatic rings. The third-order valence-electron chi connectivity index (χ3n) is 3.74. The molecule has 148 valence electrons. The number of anilines is 2. The molecule has 1 saturated heterocycles. The molecule has 0 spiro atoms. The Hall–Kier alpha value is -3.06. The van der Waals surface area contributed by atoms with Crippen molar-refractivity contribution < 1.29 is 19.5 Å². The van der Waals surface area contributed by atoms with Crippen LogP contribution in [0.5, 0.6) is 11.8 Å². The zero-order valence-corrected chi connectivity index (χ0v) is 16.3. The number of methoxy groups -OCH3 is 1. The second-order valence-electron chi connectivity index (χ2n) is 5.54. The maximum Gasteiger partial charge on any atom is 0.322 e. The van der Waals surface area contributed by atoms with E-state index in [1.54, 1.807) is 0 Å². The fourth-order valence-corrected chi connectivity index (χ4v) is 2.82. The van der Waals surface area contributed by atoms with Crippen LogP contribution in [0.2, 0.25) is 0 Å². The summed E-state index contributed by atoms with van der Waals surface area (Å²) < 4.78 is 10.6. The van der Waals surface area contributed by atoms with Crippen LogP contribution in [-0.2, 0) is 4.74 Å². The molecular weight excluding hydrogens is 438 g/mol. The zero-order chi connectivity index (χ0) is 20.1. The van der Waals surface area contributed by atoms with Crippen LogP contribution in [0, 0.1) is 10.1 Å². The summed E-state index contributed by atoms with van der Waals surface area (Å²) in [5, 5.41) is 24.9. The number of halogens is 1. The lowest BCUT2D eigenvalue weighted by Crippen LogP contribution is -2.37. The normalized spacial score (nSPS) is 14.3. The molecule has 13 heteroatoms. The third kappa shape index (κ3) is 4.61. The van der Waals surface area contributed by atoms with Gasteiger partial charge < -0.3 is 19.5 Å². The van der Waals surface area contributed by atoms with Gasteiger partial charge in [-0.25, -0.2) is 5.43 Å². The number of benzene rings is 1. The maximum atomic E-state index is 11.0. The van der Waals surface area contributed by atoms with E-state index in [0.29, 0.717) is 32.3 Å². The van der Waals surface area contributed by atoms with Gasteiger partial charge in [0, 0.05) is 30.8 Å². The van der Waals surface area contributed by atoms with Crippen molar-refractivity contribution >= 4 is 39.7 Å². The molecule has 2 aromatic rings. The lowest BCUT2D eigenvalue weighted by Gasteiger charge is -2.26. The molecule has 28 heavy (non-hydrogen) atoms. The van der Waals surface area contributed by atoms with Gasteiger partial charge in [0.1, 0.15) is 5.75 Å². The van der Waals surface area contributed by atoms with Crippen molar-refractivity contribution in [3.8, 4) is 11.8 Å². The lowest BCUT2D eigenvalue weighted by molar-refractivity contribution is -0.385. The number of non-ortho nitro benzene ring substituents is 1. The molecular formula is C15H16BrN7O5. The molecule has 0 unspecified atom stereocenters. The van der Waals surface area contributed by atoms with Crippen molar-refractivity contribution in [1.29, 1.82) is 0 Å². The van der Waals surface area contributed by atoms with E-state index in [-0.39, 0.29) is 33.4 Å². The van der Waals surface area contributed by atoms with Crippen LogP contribution < -0.4 is 15.1 Å². The number of nitro benzene ring substituents is 1. The first-order valence-corrected chi connectivity index (χ1v) is 8.86. The highest BCUT2D eigenvalue weighted by molar-refractivity contribution is 9.10. The van der Waals surface area contributed by atoms with Gasteiger partial charge >= 0.3 is 6.01 Å². The van der Waals surface area contributed by atoms with Gasteiger partial charge in [-0.1, -0.05) is 0 Å². The fourth-order valence-electron chi connectivity index (χ4n) is 2.36. The maximum absolute atomic E-state index is 11.0. The van der Waals surface area contributed by atoms with Crippen molar-refractivity contribution in [2.75, 3.05) is 43.7 Å². The van der Waals surface area contributed by atoms with E-state index in [1.807, 2.05) is 4.90 Å².